The third kappa shape index (κ3) is 2.31. The summed E-state index contributed by atoms with van der Waals surface area (Å²) in [4.78, 5) is 3.33. The van der Waals surface area contributed by atoms with Crippen molar-refractivity contribution in [3.63, 3.8) is 0 Å². The van der Waals surface area contributed by atoms with Crippen LogP contribution < -0.4 is 5.73 Å². The van der Waals surface area contributed by atoms with E-state index in [-0.39, 0.29) is 11.7 Å². The first-order chi connectivity index (χ1) is 11.8. The molecular formula is C21H18N2O. The van der Waals surface area contributed by atoms with E-state index in [1.54, 1.807) is 6.07 Å². The maximum atomic E-state index is 10.6. The number of hydrogen-bond donors (Lipinski definition) is 3. The van der Waals surface area contributed by atoms with E-state index in [1.165, 1.54) is 0 Å². The molecule has 4 N–H and O–H groups in total. The van der Waals surface area contributed by atoms with Crippen molar-refractivity contribution in [2.24, 2.45) is 0 Å². The van der Waals surface area contributed by atoms with Crippen LogP contribution in [0.2, 0.25) is 0 Å². The maximum absolute atomic E-state index is 10.6. The predicted molar refractivity (Wildman–Crippen MR) is 98.2 cm³/mol. The van der Waals surface area contributed by atoms with Gasteiger partial charge in [-0.2, -0.15) is 0 Å². The van der Waals surface area contributed by atoms with Gasteiger partial charge in [0.05, 0.1) is 5.69 Å². The fourth-order valence-corrected chi connectivity index (χ4v) is 3.32. The monoisotopic (exact) mass is 314 g/mol. The fourth-order valence-electron chi connectivity index (χ4n) is 3.32. The van der Waals surface area contributed by atoms with E-state index in [0.717, 1.165) is 27.6 Å². The fraction of sp³-hybridized carbons (Fsp3) is 0.0476. The average molecular weight is 314 g/mol. The van der Waals surface area contributed by atoms with E-state index in [2.05, 4.69) is 29.2 Å². The van der Waals surface area contributed by atoms with Crippen molar-refractivity contribution in [3.05, 3.63) is 95.7 Å². The Kier molecular flexibility index (Phi) is 3.47. The van der Waals surface area contributed by atoms with Gasteiger partial charge in [-0.25, -0.2) is 0 Å². The Labute approximate surface area is 140 Å². The van der Waals surface area contributed by atoms with Gasteiger partial charge < -0.3 is 15.8 Å². The van der Waals surface area contributed by atoms with E-state index in [9.17, 15) is 5.11 Å². The molecule has 1 heterocycles. The smallest absolute Gasteiger partial charge is 0.142 e. The number of aromatic amines is 1. The number of aromatic hydroxyl groups is 1. The molecule has 24 heavy (non-hydrogen) atoms. The van der Waals surface area contributed by atoms with Crippen molar-refractivity contribution < 1.29 is 5.11 Å². The van der Waals surface area contributed by atoms with Gasteiger partial charge in [-0.1, -0.05) is 60.7 Å². The van der Waals surface area contributed by atoms with Crippen LogP contribution >= 0.6 is 0 Å². The summed E-state index contributed by atoms with van der Waals surface area (Å²) in [5.41, 5.74) is 10.5. The van der Waals surface area contributed by atoms with Crippen molar-refractivity contribution in [3.8, 4) is 5.75 Å². The van der Waals surface area contributed by atoms with Gasteiger partial charge in [0.1, 0.15) is 5.75 Å². The number of nitrogen functional groups attached to an aromatic ring is 1. The third-order valence-electron chi connectivity index (χ3n) is 4.47. The predicted octanol–water partition coefficient (Wildman–Crippen LogP) is 4.64. The van der Waals surface area contributed by atoms with Gasteiger partial charge in [0, 0.05) is 28.6 Å². The summed E-state index contributed by atoms with van der Waals surface area (Å²) in [5, 5.41) is 11.7. The van der Waals surface area contributed by atoms with Crippen LogP contribution in [0, 0.1) is 0 Å². The van der Waals surface area contributed by atoms with Crippen molar-refractivity contribution in [1.29, 1.82) is 0 Å². The number of aromatic nitrogens is 1. The zero-order chi connectivity index (χ0) is 16.5. The second-order valence-corrected chi connectivity index (χ2v) is 5.92. The number of rotatable bonds is 3. The lowest BCUT2D eigenvalue weighted by atomic mass is 9.84. The molecule has 3 nitrogen and oxygen atoms in total. The molecule has 0 radical (unpaired) electrons. The molecule has 0 amide bonds. The summed E-state index contributed by atoms with van der Waals surface area (Å²) in [6.45, 7) is 0. The van der Waals surface area contributed by atoms with Crippen molar-refractivity contribution in [2.45, 2.75) is 5.92 Å². The first kappa shape index (κ1) is 14.4. The zero-order valence-electron chi connectivity index (χ0n) is 13.1. The van der Waals surface area contributed by atoms with E-state index >= 15 is 0 Å². The summed E-state index contributed by atoms with van der Waals surface area (Å²) >= 11 is 0. The molecule has 4 aromatic rings. The second-order valence-electron chi connectivity index (χ2n) is 5.92. The molecular weight excluding hydrogens is 296 g/mol. The Balaban J connectivity index is 2.00. The Morgan fingerprint density at radius 2 is 1.54 bits per heavy atom. The van der Waals surface area contributed by atoms with Crippen LogP contribution in [-0.2, 0) is 0 Å². The molecule has 4 rings (SSSR count). The summed E-state index contributed by atoms with van der Waals surface area (Å²) in [5.74, 6) is 0.0579. The number of phenolic OH excluding ortho intramolecular Hbond substituents is 1. The number of anilines is 1. The molecule has 1 aromatic heterocycles. The molecule has 3 heteroatoms. The van der Waals surface area contributed by atoms with Crippen LogP contribution in [0.5, 0.6) is 5.75 Å². The van der Waals surface area contributed by atoms with Crippen LogP contribution in [-0.4, -0.2) is 10.1 Å². The van der Waals surface area contributed by atoms with E-state index in [4.69, 9.17) is 5.73 Å². The number of nitrogens with two attached hydrogens (primary N) is 1. The Morgan fingerprint density at radius 3 is 2.38 bits per heavy atom. The third-order valence-corrected chi connectivity index (χ3v) is 4.47. The Bertz CT molecular complexity index is 989. The van der Waals surface area contributed by atoms with Crippen LogP contribution in [0.1, 0.15) is 22.6 Å². The highest BCUT2D eigenvalue weighted by Gasteiger charge is 2.23. The highest BCUT2D eigenvalue weighted by molar-refractivity contribution is 5.85. The molecule has 1 atom stereocenters. The SMILES string of the molecule is Nc1cccc(C(c2ccccc2)c2c[nH]c3ccccc23)c1O. The van der Waals surface area contributed by atoms with Crippen molar-refractivity contribution in [2.75, 3.05) is 5.73 Å². The second kappa shape index (κ2) is 5.78. The minimum absolute atomic E-state index is 0.0918. The largest absolute Gasteiger partial charge is 0.505 e. The van der Waals surface area contributed by atoms with E-state index < -0.39 is 0 Å². The van der Waals surface area contributed by atoms with Crippen LogP contribution in [0.3, 0.4) is 0 Å². The van der Waals surface area contributed by atoms with Crippen molar-refractivity contribution >= 4 is 16.6 Å². The van der Waals surface area contributed by atoms with Gasteiger partial charge in [0.15, 0.2) is 0 Å². The minimum atomic E-state index is -0.0918. The lowest BCUT2D eigenvalue weighted by Crippen LogP contribution is -2.04. The topological polar surface area (TPSA) is 62.0 Å². The summed E-state index contributed by atoms with van der Waals surface area (Å²) < 4.78 is 0. The summed E-state index contributed by atoms with van der Waals surface area (Å²) in [7, 11) is 0. The lowest BCUT2D eigenvalue weighted by molar-refractivity contribution is 0.470. The average Bonchev–Trinajstić information content (AvgIpc) is 3.04. The normalized spacial score (nSPS) is 12.3. The number of nitrogens with one attached hydrogen (secondary N) is 1. The van der Waals surface area contributed by atoms with Gasteiger partial charge >= 0.3 is 0 Å². The van der Waals surface area contributed by atoms with Gasteiger partial charge in [-0.3, -0.25) is 0 Å². The van der Waals surface area contributed by atoms with Crippen molar-refractivity contribution in [1.82, 2.24) is 4.98 Å². The number of para-hydroxylation sites is 2. The Hall–Kier alpha value is -3.20. The quantitative estimate of drug-likeness (QED) is 0.381. The number of phenols is 1. The lowest BCUT2D eigenvalue weighted by Gasteiger charge is -2.20. The van der Waals surface area contributed by atoms with Gasteiger partial charge in [-0.05, 0) is 23.3 Å². The van der Waals surface area contributed by atoms with Crippen LogP contribution in [0.4, 0.5) is 5.69 Å². The number of benzene rings is 3. The summed E-state index contributed by atoms with van der Waals surface area (Å²) in [6, 6.07) is 23.9. The van der Waals surface area contributed by atoms with Gasteiger partial charge in [-0.15, -0.1) is 0 Å². The summed E-state index contributed by atoms with van der Waals surface area (Å²) in [6.07, 6.45) is 2.02. The molecule has 118 valence electrons. The molecule has 3 aromatic carbocycles. The molecule has 0 aliphatic rings. The first-order valence-electron chi connectivity index (χ1n) is 7.94. The molecule has 0 bridgehead atoms. The molecule has 0 aliphatic heterocycles. The maximum Gasteiger partial charge on any atom is 0.142 e. The standard InChI is InChI=1S/C21H18N2O/c22-18-11-6-10-16(21(18)24)20(14-7-2-1-3-8-14)17-13-23-19-12-5-4-9-15(17)19/h1-13,20,23-24H,22H2. The van der Waals surface area contributed by atoms with Crippen LogP contribution in [0.25, 0.3) is 10.9 Å². The number of fused-ring (bicyclic) bond motifs is 1. The Morgan fingerprint density at radius 1 is 0.792 bits per heavy atom. The number of hydrogen-bond acceptors (Lipinski definition) is 2. The van der Waals surface area contributed by atoms with E-state index in [0.29, 0.717) is 5.69 Å². The molecule has 0 fully saturated rings. The minimum Gasteiger partial charge on any atom is -0.505 e. The molecule has 1 unspecified atom stereocenters. The zero-order valence-corrected chi connectivity index (χ0v) is 13.1. The molecule has 0 saturated carbocycles. The van der Waals surface area contributed by atoms with Gasteiger partial charge in [0.25, 0.3) is 0 Å². The van der Waals surface area contributed by atoms with Crippen LogP contribution in [0.15, 0.2) is 79.0 Å². The highest BCUT2D eigenvalue weighted by atomic mass is 16.3. The molecule has 0 saturated heterocycles. The molecule has 0 spiro atoms. The first-order valence-corrected chi connectivity index (χ1v) is 7.94. The van der Waals surface area contributed by atoms with Gasteiger partial charge in [0.2, 0.25) is 0 Å². The number of H-pyrrole nitrogens is 1. The highest BCUT2D eigenvalue weighted by Crippen LogP contribution is 2.41. The van der Waals surface area contributed by atoms with E-state index in [1.807, 2.05) is 48.7 Å². The molecule has 0 aliphatic carbocycles.